The molecule has 1 aliphatic carbocycles. The molecule has 14 heteroatoms. The number of fused-ring (bicyclic) bond motifs is 2. The van der Waals surface area contributed by atoms with Crippen LogP contribution in [-0.4, -0.2) is 73.5 Å². The number of aliphatic hydroxyl groups is 2. The van der Waals surface area contributed by atoms with E-state index in [0.717, 1.165) is 0 Å². The first-order valence-corrected chi connectivity index (χ1v) is 12.1. The number of nitrogens with zero attached hydrogens (tertiary/aromatic N) is 4. The van der Waals surface area contributed by atoms with Crippen LogP contribution in [0, 0.1) is 5.41 Å². The summed E-state index contributed by atoms with van der Waals surface area (Å²) in [5.41, 5.74) is 5.58. The Morgan fingerprint density at radius 1 is 1.31 bits per heavy atom. The Kier molecular flexibility index (Phi) is 6.27. The van der Waals surface area contributed by atoms with Gasteiger partial charge in [0.2, 0.25) is 5.28 Å². The molecule has 2 fully saturated rings. The van der Waals surface area contributed by atoms with Crippen LogP contribution in [0.15, 0.2) is 6.33 Å². The molecule has 32 heavy (non-hydrogen) atoms. The van der Waals surface area contributed by atoms with E-state index in [9.17, 15) is 14.8 Å². The maximum Gasteiger partial charge on any atom is 0.475 e. The van der Waals surface area contributed by atoms with E-state index in [2.05, 4.69) is 15.0 Å². The number of rotatable bonds is 9. The van der Waals surface area contributed by atoms with Gasteiger partial charge < -0.3 is 25.3 Å². The minimum Gasteiger partial charge on any atom is -0.396 e. The molecule has 1 aliphatic heterocycles. The van der Waals surface area contributed by atoms with Crippen LogP contribution in [0.2, 0.25) is 5.28 Å². The summed E-state index contributed by atoms with van der Waals surface area (Å²) in [6.07, 6.45) is -1.82. The van der Waals surface area contributed by atoms with Gasteiger partial charge in [0.15, 0.2) is 11.5 Å². The van der Waals surface area contributed by atoms with E-state index >= 15 is 0 Å². The number of halogens is 1. The largest absolute Gasteiger partial charge is 0.475 e. The second-order valence-electron chi connectivity index (χ2n) is 8.51. The van der Waals surface area contributed by atoms with Crippen molar-refractivity contribution in [2.75, 3.05) is 18.9 Å². The van der Waals surface area contributed by atoms with Gasteiger partial charge in [-0.1, -0.05) is 0 Å². The molecular weight excluding hydrogens is 465 g/mol. The summed E-state index contributed by atoms with van der Waals surface area (Å²) >= 11 is 5.93. The molecule has 2 aromatic rings. The van der Waals surface area contributed by atoms with Gasteiger partial charge in [0, 0.05) is 0 Å². The van der Waals surface area contributed by atoms with Gasteiger partial charge in [-0.3, -0.25) is 13.6 Å². The summed E-state index contributed by atoms with van der Waals surface area (Å²) in [6.45, 7) is 6.22. The van der Waals surface area contributed by atoms with E-state index in [-0.39, 0.29) is 24.3 Å². The fourth-order valence-electron chi connectivity index (χ4n) is 4.25. The second-order valence-corrected chi connectivity index (χ2v) is 10.4. The molecule has 0 radical (unpaired) electrons. The zero-order valence-corrected chi connectivity index (χ0v) is 19.7. The molecule has 12 nitrogen and oxygen atoms in total. The first-order valence-electron chi connectivity index (χ1n) is 10.2. The van der Waals surface area contributed by atoms with Crippen molar-refractivity contribution in [1.82, 2.24) is 19.5 Å². The van der Waals surface area contributed by atoms with Crippen LogP contribution in [0.1, 0.15) is 33.7 Å². The van der Waals surface area contributed by atoms with Crippen molar-refractivity contribution in [3.63, 3.8) is 0 Å². The number of hydrogen-bond donors (Lipinski definition) is 3. The third-order valence-corrected chi connectivity index (χ3v) is 7.55. The Morgan fingerprint density at radius 2 is 1.97 bits per heavy atom. The normalized spacial score (nSPS) is 29.9. The van der Waals surface area contributed by atoms with E-state index in [0.29, 0.717) is 11.2 Å². The smallest absolute Gasteiger partial charge is 0.396 e. The van der Waals surface area contributed by atoms with Gasteiger partial charge in [-0.25, -0.2) is 9.55 Å². The molecule has 0 amide bonds. The summed E-state index contributed by atoms with van der Waals surface area (Å²) in [5.74, 6) is 0.126. The molecule has 4 rings (SSSR count). The Labute approximate surface area is 189 Å². The maximum absolute atomic E-state index is 12.9. The molecule has 178 valence electrons. The predicted molar refractivity (Wildman–Crippen MR) is 114 cm³/mol. The Morgan fingerprint density at radius 3 is 2.53 bits per heavy atom. The molecule has 5 atom stereocenters. The van der Waals surface area contributed by atoms with Crippen molar-refractivity contribution in [2.24, 2.45) is 5.41 Å². The number of nitrogen functional groups attached to an aromatic ring is 1. The number of phosphoric ester groups is 1. The van der Waals surface area contributed by atoms with E-state index in [4.69, 9.17) is 35.6 Å². The van der Waals surface area contributed by atoms with Crippen LogP contribution < -0.4 is 5.73 Å². The monoisotopic (exact) mass is 491 g/mol. The van der Waals surface area contributed by atoms with Gasteiger partial charge in [-0.2, -0.15) is 9.97 Å². The first-order chi connectivity index (χ1) is 15.0. The summed E-state index contributed by atoms with van der Waals surface area (Å²) < 4.78 is 36.7. The average molecular weight is 492 g/mol. The average Bonchev–Trinajstić information content (AvgIpc) is 2.95. The highest BCUT2D eigenvalue weighted by atomic mass is 35.5. The zero-order chi connectivity index (χ0) is 23.4. The van der Waals surface area contributed by atoms with Gasteiger partial charge in [-0.15, -0.1) is 0 Å². The summed E-state index contributed by atoms with van der Waals surface area (Å²) in [6, 6.07) is -0.459. The highest BCUT2D eigenvalue weighted by molar-refractivity contribution is 7.48. The Hall–Kier alpha value is -1.37. The lowest BCUT2D eigenvalue weighted by atomic mass is 9.96. The van der Waals surface area contributed by atoms with Gasteiger partial charge in [0.25, 0.3) is 0 Å². The molecular formula is C18H27ClN5O7P. The third-order valence-electron chi connectivity index (χ3n) is 5.55. The number of nitrogens with two attached hydrogens (primary N) is 1. The minimum absolute atomic E-state index is 0.0422. The summed E-state index contributed by atoms with van der Waals surface area (Å²) in [5, 5.41) is 21.1. The molecule has 3 unspecified atom stereocenters. The van der Waals surface area contributed by atoms with Crippen molar-refractivity contribution in [2.45, 2.75) is 64.3 Å². The number of ether oxygens (including phenoxy) is 1. The molecule has 4 N–H and O–H groups in total. The van der Waals surface area contributed by atoms with E-state index in [1.165, 1.54) is 6.33 Å². The number of aromatic nitrogens is 4. The number of aliphatic hydroxyl groups excluding tert-OH is 2. The van der Waals surface area contributed by atoms with Crippen LogP contribution in [0.5, 0.6) is 0 Å². The fourth-order valence-corrected chi connectivity index (χ4v) is 5.95. The summed E-state index contributed by atoms with van der Waals surface area (Å²) in [7, 11) is -3.87. The lowest BCUT2D eigenvalue weighted by Crippen LogP contribution is -2.38. The topological polar surface area (TPSA) is 164 Å². The van der Waals surface area contributed by atoms with Gasteiger partial charge in [0.1, 0.15) is 11.6 Å². The molecule has 1 saturated carbocycles. The lowest BCUT2D eigenvalue weighted by Gasteiger charge is -2.27. The molecule has 2 aliphatic rings. The van der Waals surface area contributed by atoms with Crippen molar-refractivity contribution in [1.29, 1.82) is 0 Å². The number of imidazole rings is 1. The van der Waals surface area contributed by atoms with Gasteiger partial charge >= 0.3 is 7.82 Å². The SMILES string of the molecule is CC(C)OP(=O)(OC[C@H]1O[C@H]2C(n3cnc4c(N)nc(Cl)nc43)C2(CO)C1O)OC(C)C. The van der Waals surface area contributed by atoms with Crippen molar-refractivity contribution >= 4 is 36.4 Å². The molecule has 1 saturated heterocycles. The number of hydrogen-bond acceptors (Lipinski definition) is 11. The second kappa shape index (κ2) is 8.44. The summed E-state index contributed by atoms with van der Waals surface area (Å²) in [4.78, 5) is 12.3. The fraction of sp³-hybridized carbons (Fsp3) is 0.722. The molecule has 0 spiro atoms. The predicted octanol–water partition coefficient (Wildman–Crippen LogP) is 1.70. The van der Waals surface area contributed by atoms with Gasteiger partial charge in [0.05, 0.1) is 55.4 Å². The minimum atomic E-state index is -3.87. The van der Waals surface area contributed by atoms with Crippen LogP contribution in [0.4, 0.5) is 5.82 Å². The molecule has 3 heterocycles. The highest BCUT2D eigenvalue weighted by Gasteiger charge is 2.77. The van der Waals surface area contributed by atoms with Crippen molar-refractivity contribution < 1.29 is 33.1 Å². The van der Waals surface area contributed by atoms with Crippen LogP contribution >= 0.6 is 19.4 Å². The third kappa shape index (κ3) is 3.92. The van der Waals surface area contributed by atoms with Gasteiger partial charge in [-0.05, 0) is 39.3 Å². The quantitative estimate of drug-likeness (QED) is 0.345. The van der Waals surface area contributed by atoms with E-state index in [1.807, 2.05) is 0 Å². The standard InChI is InChI=1S/C18H27ClN5O7P/c1-8(2)30-32(27,31-9(3)4)28-5-10-13(26)18(6-25)12(14(18)29-10)24-7-21-11-15(20)22-17(19)23-16(11)24/h7-10,12-14,25-26H,5-6H2,1-4H3,(H2,20,22,23)/t10-,12?,13?,14+,18?/m1/s1. The molecule has 0 bridgehead atoms. The Balaban J connectivity index is 1.52. The number of phosphoric acid groups is 1. The highest BCUT2D eigenvalue weighted by Crippen LogP contribution is 2.66. The van der Waals surface area contributed by atoms with Crippen LogP contribution in [0.25, 0.3) is 11.2 Å². The first kappa shape index (κ1) is 23.8. The Bertz CT molecular complexity index is 1040. The van der Waals surface area contributed by atoms with Crippen LogP contribution in [0.3, 0.4) is 0 Å². The van der Waals surface area contributed by atoms with E-state index < -0.39 is 49.8 Å². The van der Waals surface area contributed by atoms with E-state index in [1.54, 1.807) is 32.3 Å². The van der Waals surface area contributed by atoms with Crippen molar-refractivity contribution in [3.05, 3.63) is 11.6 Å². The zero-order valence-electron chi connectivity index (χ0n) is 18.1. The lowest BCUT2D eigenvalue weighted by molar-refractivity contribution is -0.0529. The number of anilines is 1. The molecule has 0 aromatic carbocycles. The van der Waals surface area contributed by atoms with Crippen LogP contribution in [-0.2, 0) is 22.9 Å². The van der Waals surface area contributed by atoms with Crippen molar-refractivity contribution in [3.8, 4) is 0 Å². The molecule has 2 aromatic heterocycles. The maximum atomic E-state index is 12.9.